The van der Waals surface area contributed by atoms with Gasteiger partial charge in [0.25, 0.3) is 0 Å². The fourth-order valence-corrected chi connectivity index (χ4v) is 1.60. The number of ketones is 1. The molecule has 0 aliphatic carbocycles. The summed E-state index contributed by atoms with van der Waals surface area (Å²) in [5.74, 6) is 1.01. The molecule has 0 spiro atoms. The predicted molar refractivity (Wildman–Crippen MR) is 61.9 cm³/mol. The van der Waals surface area contributed by atoms with E-state index in [1.165, 1.54) is 6.33 Å². The second kappa shape index (κ2) is 7.11. The Kier molecular flexibility index (Phi) is 5.71. The van der Waals surface area contributed by atoms with Crippen molar-refractivity contribution in [1.29, 1.82) is 0 Å². The molecule has 5 heteroatoms. The van der Waals surface area contributed by atoms with Crippen LogP contribution in [-0.4, -0.2) is 27.1 Å². The van der Waals surface area contributed by atoms with Crippen LogP contribution in [0.1, 0.15) is 38.4 Å². The number of rotatable bonds is 8. The molecule has 0 fully saturated rings. The summed E-state index contributed by atoms with van der Waals surface area (Å²) < 4.78 is 1.76. The van der Waals surface area contributed by atoms with Gasteiger partial charge in [-0.25, -0.2) is 9.67 Å². The van der Waals surface area contributed by atoms with Crippen molar-refractivity contribution in [3.63, 3.8) is 0 Å². The molecule has 0 unspecified atom stereocenters. The zero-order valence-electron chi connectivity index (χ0n) is 9.85. The predicted octanol–water partition coefficient (Wildman–Crippen LogP) is 0.929. The maximum Gasteiger partial charge on any atom is 0.140 e. The lowest BCUT2D eigenvalue weighted by atomic mass is 10.1. The first-order valence-electron chi connectivity index (χ1n) is 5.86. The molecule has 1 rings (SSSR count). The van der Waals surface area contributed by atoms with E-state index >= 15 is 0 Å². The van der Waals surface area contributed by atoms with Crippen LogP contribution in [0.15, 0.2) is 6.33 Å². The Labute approximate surface area is 96.0 Å². The van der Waals surface area contributed by atoms with Gasteiger partial charge in [-0.15, -0.1) is 0 Å². The van der Waals surface area contributed by atoms with E-state index in [9.17, 15) is 4.79 Å². The number of carbonyl (C=O) groups is 1. The average Bonchev–Trinajstić information content (AvgIpc) is 2.71. The van der Waals surface area contributed by atoms with Crippen molar-refractivity contribution in [3.8, 4) is 0 Å². The van der Waals surface area contributed by atoms with Crippen LogP contribution in [0, 0.1) is 0 Å². The Morgan fingerprint density at radius 1 is 1.44 bits per heavy atom. The first-order valence-corrected chi connectivity index (χ1v) is 5.86. The number of Topliss-reactive ketones (excluding diaryl/α,β-unsaturated/α-hetero) is 1. The number of aryl methyl sites for hydroxylation is 1. The Balaban J connectivity index is 2.28. The summed E-state index contributed by atoms with van der Waals surface area (Å²) in [6.45, 7) is 3.46. The van der Waals surface area contributed by atoms with Crippen LogP contribution < -0.4 is 5.73 Å². The standard InChI is InChI=1S/C11H20N4O/c1-2-15-11(13-9-14-15)8-10(16)6-4-3-5-7-12/h9H,2-8,12H2,1H3. The molecule has 0 radical (unpaired) electrons. The highest BCUT2D eigenvalue weighted by molar-refractivity contribution is 5.80. The monoisotopic (exact) mass is 224 g/mol. The second-order valence-corrected chi connectivity index (χ2v) is 3.81. The third-order valence-electron chi connectivity index (χ3n) is 2.51. The zero-order valence-corrected chi connectivity index (χ0v) is 9.85. The van der Waals surface area contributed by atoms with Crippen LogP contribution in [0.3, 0.4) is 0 Å². The van der Waals surface area contributed by atoms with Crippen LogP contribution in [-0.2, 0) is 17.8 Å². The van der Waals surface area contributed by atoms with Crippen LogP contribution in [0.5, 0.6) is 0 Å². The van der Waals surface area contributed by atoms with Crippen molar-refractivity contribution >= 4 is 5.78 Å². The number of hydrogen-bond acceptors (Lipinski definition) is 4. The summed E-state index contributed by atoms with van der Waals surface area (Å²) in [7, 11) is 0. The van der Waals surface area contributed by atoms with Gasteiger partial charge in [0.1, 0.15) is 17.9 Å². The van der Waals surface area contributed by atoms with Gasteiger partial charge in [0.15, 0.2) is 0 Å². The fourth-order valence-electron chi connectivity index (χ4n) is 1.60. The van der Waals surface area contributed by atoms with E-state index in [2.05, 4.69) is 10.1 Å². The molecule has 1 aromatic heterocycles. The van der Waals surface area contributed by atoms with E-state index in [4.69, 9.17) is 5.73 Å². The first-order chi connectivity index (χ1) is 7.77. The Hall–Kier alpha value is -1.23. The molecular formula is C11H20N4O. The summed E-state index contributed by atoms with van der Waals surface area (Å²) in [6.07, 6.45) is 5.48. The van der Waals surface area contributed by atoms with Crippen molar-refractivity contribution in [2.24, 2.45) is 5.73 Å². The van der Waals surface area contributed by atoms with Crippen LogP contribution in [0.2, 0.25) is 0 Å². The summed E-state index contributed by atoms with van der Waals surface area (Å²) in [5, 5.41) is 4.03. The van der Waals surface area contributed by atoms with Crippen molar-refractivity contribution in [1.82, 2.24) is 14.8 Å². The summed E-state index contributed by atoms with van der Waals surface area (Å²) in [5.41, 5.74) is 5.39. The van der Waals surface area contributed by atoms with Gasteiger partial charge in [-0.3, -0.25) is 4.79 Å². The quantitative estimate of drug-likeness (QED) is 0.667. The van der Waals surface area contributed by atoms with E-state index in [0.29, 0.717) is 19.4 Å². The number of nitrogens with zero attached hydrogens (tertiary/aromatic N) is 3. The minimum absolute atomic E-state index is 0.236. The number of carbonyl (C=O) groups excluding carboxylic acids is 1. The fraction of sp³-hybridized carbons (Fsp3) is 0.727. The van der Waals surface area contributed by atoms with Gasteiger partial charge in [-0.1, -0.05) is 6.42 Å². The minimum atomic E-state index is 0.236. The lowest BCUT2D eigenvalue weighted by Crippen LogP contribution is -2.10. The Bertz CT molecular complexity index is 322. The molecule has 2 N–H and O–H groups in total. The molecule has 0 amide bonds. The van der Waals surface area contributed by atoms with E-state index in [1.54, 1.807) is 4.68 Å². The summed E-state index contributed by atoms with van der Waals surface area (Å²) >= 11 is 0. The maximum absolute atomic E-state index is 11.6. The van der Waals surface area contributed by atoms with Crippen molar-refractivity contribution in [2.75, 3.05) is 6.54 Å². The lowest BCUT2D eigenvalue weighted by molar-refractivity contribution is -0.118. The van der Waals surface area contributed by atoms with Gasteiger partial charge < -0.3 is 5.73 Å². The largest absolute Gasteiger partial charge is 0.330 e. The number of aromatic nitrogens is 3. The van der Waals surface area contributed by atoms with Gasteiger partial charge >= 0.3 is 0 Å². The highest BCUT2D eigenvalue weighted by Gasteiger charge is 2.08. The maximum atomic E-state index is 11.6. The number of hydrogen-bond donors (Lipinski definition) is 1. The number of unbranched alkanes of at least 4 members (excludes halogenated alkanes) is 2. The van der Waals surface area contributed by atoms with Gasteiger partial charge in [0.05, 0.1) is 6.42 Å². The summed E-state index contributed by atoms with van der Waals surface area (Å²) in [4.78, 5) is 15.7. The molecule has 0 atom stereocenters. The van der Waals surface area contributed by atoms with Crippen LogP contribution in [0.25, 0.3) is 0 Å². The molecule has 0 bridgehead atoms. The Morgan fingerprint density at radius 3 is 2.94 bits per heavy atom. The molecule has 0 aliphatic rings. The lowest BCUT2D eigenvalue weighted by Gasteiger charge is -2.02. The average molecular weight is 224 g/mol. The topological polar surface area (TPSA) is 73.8 Å². The zero-order chi connectivity index (χ0) is 11.8. The third-order valence-corrected chi connectivity index (χ3v) is 2.51. The van der Waals surface area contributed by atoms with E-state index in [0.717, 1.165) is 31.6 Å². The highest BCUT2D eigenvalue weighted by atomic mass is 16.1. The van der Waals surface area contributed by atoms with E-state index < -0.39 is 0 Å². The molecule has 0 aromatic carbocycles. The van der Waals surface area contributed by atoms with Crippen LogP contribution >= 0.6 is 0 Å². The molecular weight excluding hydrogens is 204 g/mol. The second-order valence-electron chi connectivity index (χ2n) is 3.81. The minimum Gasteiger partial charge on any atom is -0.330 e. The number of nitrogens with two attached hydrogens (primary N) is 1. The van der Waals surface area contributed by atoms with Gasteiger partial charge in [-0.05, 0) is 26.3 Å². The molecule has 0 saturated heterocycles. The molecule has 5 nitrogen and oxygen atoms in total. The van der Waals surface area contributed by atoms with Crippen molar-refractivity contribution in [3.05, 3.63) is 12.2 Å². The van der Waals surface area contributed by atoms with Crippen molar-refractivity contribution < 1.29 is 4.79 Å². The molecule has 0 aliphatic heterocycles. The molecule has 0 saturated carbocycles. The molecule has 16 heavy (non-hydrogen) atoms. The first kappa shape index (κ1) is 12.8. The SMILES string of the molecule is CCn1ncnc1CC(=O)CCCCCN. The van der Waals surface area contributed by atoms with Gasteiger partial charge in [0.2, 0.25) is 0 Å². The normalized spacial score (nSPS) is 10.6. The highest BCUT2D eigenvalue weighted by Crippen LogP contribution is 2.04. The van der Waals surface area contributed by atoms with Gasteiger partial charge in [0, 0.05) is 13.0 Å². The van der Waals surface area contributed by atoms with Crippen molar-refractivity contribution in [2.45, 2.75) is 45.6 Å². The van der Waals surface area contributed by atoms with Crippen LogP contribution in [0.4, 0.5) is 0 Å². The Morgan fingerprint density at radius 2 is 2.25 bits per heavy atom. The van der Waals surface area contributed by atoms with Gasteiger partial charge in [-0.2, -0.15) is 5.10 Å². The molecule has 1 aromatic rings. The molecule has 1 heterocycles. The third kappa shape index (κ3) is 4.10. The van der Waals surface area contributed by atoms with E-state index in [-0.39, 0.29) is 5.78 Å². The summed E-state index contributed by atoms with van der Waals surface area (Å²) in [6, 6.07) is 0. The smallest absolute Gasteiger partial charge is 0.140 e. The van der Waals surface area contributed by atoms with E-state index in [1.807, 2.05) is 6.92 Å². The molecule has 90 valence electrons.